The lowest BCUT2D eigenvalue weighted by Crippen LogP contribution is -2.12. The van der Waals surface area contributed by atoms with E-state index >= 15 is 0 Å². The number of methoxy groups -OCH3 is 1. The fourth-order valence-electron chi connectivity index (χ4n) is 2.19. The molecule has 6 nitrogen and oxygen atoms in total. The van der Waals surface area contributed by atoms with Crippen LogP contribution in [-0.2, 0) is 5.41 Å². The van der Waals surface area contributed by atoms with Crippen LogP contribution in [0.1, 0.15) is 31.9 Å². The number of nitro benzene ring substituents is 1. The molecule has 0 bridgehead atoms. The summed E-state index contributed by atoms with van der Waals surface area (Å²) < 4.78 is 5.22. The van der Waals surface area contributed by atoms with Gasteiger partial charge < -0.3 is 9.84 Å². The number of rotatable bonds is 4. The van der Waals surface area contributed by atoms with Crippen LogP contribution < -0.4 is 4.74 Å². The van der Waals surface area contributed by atoms with Crippen LogP contribution in [0.15, 0.2) is 41.4 Å². The van der Waals surface area contributed by atoms with E-state index in [2.05, 4.69) is 4.99 Å². The molecule has 126 valence electrons. The van der Waals surface area contributed by atoms with Crippen molar-refractivity contribution in [3.05, 3.63) is 57.6 Å². The Balaban J connectivity index is 2.55. The number of nitrogens with zero attached hydrogens (tertiary/aromatic N) is 2. The Kier molecular flexibility index (Phi) is 4.87. The van der Waals surface area contributed by atoms with E-state index in [1.54, 1.807) is 18.2 Å². The van der Waals surface area contributed by atoms with Gasteiger partial charge in [-0.3, -0.25) is 15.1 Å². The zero-order chi connectivity index (χ0) is 17.9. The average molecular weight is 328 g/mol. The minimum absolute atomic E-state index is 0.292. The molecule has 0 aromatic heterocycles. The van der Waals surface area contributed by atoms with Crippen molar-refractivity contribution in [3.63, 3.8) is 0 Å². The van der Waals surface area contributed by atoms with Crippen LogP contribution >= 0.6 is 0 Å². The number of ether oxygens (including phenoxy) is 1. The average Bonchev–Trinajstić information content (AvgIpc) is 2.52. The molecule has 0 spiro atoms. The lowest BCUT2D eigenvalue weighted by Gasteiger charge is -2.19. The van der Waals surface area contributed by atoms with Crippen molar-refractivity contribution < 1.29 is 14.8 Å². The van der Waals surface area contributed by atoms with Gasteiger partial charge in [-0.05, 0) is 29.2 Å². The van der Waals surface area contributed by atoms with Crippen molar-refractivity contribution in [1.29, 1.82) is 0 Å². The molecule has 2 aromatic rings. The van der Waals surface area contributed by atoms with Gasteiger partial charge in [0.25, 0.3) is 0 Å². The number of aliphatic imine (C=N–C) groups is 1. The molecule has 0 aliphatic carbocycles. The Morgan fingerprint density at radius 2 is 1.92 bits per heavy atom. The predicted molar refractivity (Wildman–Crippen MR) is 93.7 cm³/mol. The van der Waals surface area contributed by atoms with Crippen LogP contribution in [0.2, 0.25) is 0 Å². The molecule has 0 aliphatic rings. The van der Waals surface area contributed by atoms with E-state index in [1.165, 1.54) is 19.4 Å². The van der Waals surface area contributed by atoms with Gasteiger partial charge in [-0.15, -0.1) is 0 Å². The minimum Gasteiger partial charge on any atom is -0.502 e. The number of phenolic OH excluding ortho intramolecular Hbond substituents is 1. The Labute approximate surface area is 140 Å². The van der Waals surface area contributed by atoms with Crippen molar-refractivity contribution >= 4 is 17.6 Å². The molecule has 6 heteroatoms. The van der Waals surface area contributed by atoms with E-state index < -0.39 is 10.7 Å². The largest absolute Gasteiger partial charge is 0.502 e. The first-order valence-corrected chi connectivity index (χ1v) is 7.43. The highest BCUT2D eigenvalue weighted by Crippen LogP contribution is 2.35. The van der Waals surface area contributed by atoms with E-state index in [9.17, 15) is 15.2 Å². The minimum atomic E-state index is -0.592. The molecular weight excluding hydrogens is 308 g/mol. The summed E-state index contributed by atoms with van der Waals surface area (Å²) in [5.74, 6) is 0.182. The monoisotopic (exact) mass is 328 g/mol. The van der Waals surface area contributed by atoms with Gasteiger partial charge >= 0.3 is 5.69 Å². The second-order valence-electron chi connectivity index (χ2n) is 6.37. The van der Waals surface area contributed by atoms with Crippen molar-refractivity contribution in [3.8, 4) is 11.5 Å². The van der Waals surface area contributed by atoms with E-state index in [0.717, 1.165) is 5.56 Å². The molecule has 0 unspecified atom stereocenters. The summed E-state index contributed by atoms with van der Waals surface area (Å²) >= 11 is 0. The maximum absolute atomic E-state index is 11.2. The lowest BCUT2D eigenvalue weighted by atomic mass is 9.85. The Morgan fingerprint density at radius 1 is 1.25 bits per heavy atom. The first kappa shape index (κ1) is 17.5. The molecule has 0 aliphatic heterocycles. The fraction of sp³-hybridized carbons (Fsp3) is 0.278. The summed E-state index contributed by atoms with van der Waals surface area (Å²) in [6, 6.07) is 10.3. The van der Waals surface area contributed by atoms with Gasteiger partial charge in [0.1, 0.15) is 11.4 Å². The Bertz CT molecular complexity index is 792. The second-order valence-corrected chi connectivity index (χ2v) is 6.37. The van der Waals surface area contributed by atoms with Gasteiger partial charge in [0.2, 0.25) is 5.75 Å². The quantitative estimate of drug-likeness (QED) is 0.513. The number of hydrogen-bond acceptors (Lipinski definition) is 5. The van der Waals surface area contributed by atoms with E-state index in [1.807, 2.05) is 32.9 Å². The number of hydrogen-bond donors (Lipinski definition) is 1. The molecule has 1 N–H and O–H groups in total. The lowest BCUT2D eigenvalue weighted by molar-refractivity contribution is -0.386. The zero-order valence-electron chi connectivity index (χ0n) is 14.1. The SMILES string of the molecule is COc1ccccc1N=Cc1cc(C(C)(C)C)cc([N+](=O)[O-])c1O. The van der Waals surface area contributed by atoms with Gasteiger partial charge in [0.05, 0.1) is 12.0 Å². The van der Waals surface area contributed by atoms with Crippen molar-refractivity contribution in [1.82, 2.24) is 0 Å². The summed E-state index contributed by atoms with van der Waals surface area (Å²) in [6.07, 6.45) is 1.41. The van der Waals surface area contributed by atoms with Crippen LogP contribution in [0.5, 0.6) is 11.5 Å². The van der Waals surface area contributed by atoms with Crippen LogP contribution in [0.4, 0.5) is 11.4 Å². The van der Waals surface area contributed by atoms with Crippen molar-refractivity contribution in [2.75, 3.05) is 7.11 Å². The normalized spacial score (nSPS) is 11.7. The summed E-state index contributed by atoms with van der Waals surface area (Å²) in [6.45, 7) is 5.85. The van der Waals surface area contributed by atoms with Crippen LogP contribution in [0.3, 0.4) is 0 Å². The van der Waals surface area contributed by atoms with Gasteiger partial charge in [-0.1, -0.05) is 32.9 Å². The maximum Gasteiger partial charge on any atom is 0.311 e. The highest BCUT2D eigenvalue weighted by Gasteiger charge is 2.23. The highest BCUT2D eigenvalue weighted by atomic mass is 16.6. The molecule has 0 amide bonds. The molecule has 24 heavy (non-hydrogen) atoms. The highest BCUT2D eigenvalue weighted by molar-refractivity contribution is 5.88. The first-order chi connectivity index (χ1) is 11.2. The Hall–Kier alpha value is -2.89. The molecule has 0 atom stereocenters. The molecule has 0 saturated heterocycles. The van der Waals surface area contributed by atoms with E-state index in [-0.39, 0.29) is 11.1 Å². The number of phenols is 1. The third-order valence-corrected chi connectivity index (χ3v) is 3.61. The number of benzene rings is 2. The number of para-hydroxylation sites is 2. The molecule has 0 heterocycles. The van der Waals surface area contributed by atoms with Crippen molar-refractivity contribution in [2.24, 2.45) is 4.99 Å². The fourth-order valence-corrected chi connectivity index (χ4v) is 2.19. The maximum atomic E-state index is 11.2. The summed E-state index contributed by atoms with van der Waals surface area (Å²) in [5.41, 5.74) is 0.978. The number of nitro groups is 1. The van der Waals surface area contributed by atoms with E-state index in [0.29, 0.717) is 17.0 Å². The topological polar surface area (TPSA) is 85.0 Å². The van der Waals surface area contributed by atoms with Crippen LogP contribution in [0.25, 0.3) is 0 Å². The summed E-state index contributed by atoms with van der Waals surface area (Å²) in [7, 11) is 1.54. The van der Waals surface area contributed by atoms with E-state index in [4.69, 9.17) is 4.74 Å². The first-order valence-electron chi connectivity index (χ1n) is 7.43. The summed E-state index contributed by atoms with van der Waals surface area (Å²) in [4.78, 5) is 14.9. The number of aromatic hydroxyl groups is 1. The van der Waals surface area contributed by atoms with Crippen LogP contribution in [0, 0.1) is 10.1 Å². The molecule has 0 radical (unpaired) electrons. The molecule has 2 rings (SSSR count). The third kappa shape index (κ3) is 3.71. The molecule has 0 fully saturated rings. The third-order valence-electron chi connectivity index (χ3n) is 3.61. The predicted octanol–water partition coefficient (Wildman–Crippen LogP) is 4.36. The standard InChI is InChI=1S/C18H20N2O4/c1-18(2,3)13-9-12(17(21)15(10-13)20(22)23)11-19-14-7-5-6-8-16(14)24-4/h5-11,21H,1-4H3. The van der Waals surface area contributed by atoms with Gasteiger partial charge in [-0.2, -0.15) is 0 Å². The summed E-state index contributed by atoms with van der Waals surface area (Å²) in [5, 5.41) is 21.4. The van der Waals surface area contributed by atoms with Crippen LogP contribution in [-0.4, -0.2) is 23.4 Å². The molecule has 0 saturated carbocycles. The van der Waals surface area contributed by atoms with Gasteiger partial charge in [0.15, 0.2) is 0 Å². The van der Waals surface area contributed by atoms with Crippen molar-refractivity contribution in [2.45, 2.75) is 26.2 Å². The molecular formula is C18H20N2O4. The molecule has 2 aromatic carbocycles. The Morgan fingerprint density at radius 3 is 2.50 bits per heavy atom. The second kappa shape index (κ2) is 6.70. The van der Waals surface area contributed by atoms with Gasteiger partial charge in [-0.25, -0.2) is 0 Å². The van der Waals surface area contributed by atoms with Gasteiger partial charge in [0, 0.05) is 17.8 Å². The zero-order valence-corrected chi connectivity index (χ0v) is 14.1. The smallest absolute Gasteiger partial charge is 0.311 e.